The molecule has 0 saturated heterocycles. The molecule has 1 heterocycles. The first-order valence-corrected chi connectivity index (χ1v) is 6.18. The van der Waals surface area contributed by atoms with E-state index in [1.807, 2.05) is 0 Å². The number of ether oxygens (including phenoxy) is 1. The van der Waals surface area contributed by atoms with Crippen LogP contribution in [-0.4, -0.2) is 20.5 Å². The van der Waals surface area contributed by atoms with Crippen LogP contribution in [0.4, 0.5) is 4.39 Å². The maximum Gasteiger partial charge on any atom is 0.252 e. The average molecular weight is 277 g/mol. The van der Waals surface area contributed by atoms with Crippen molar-refractivity contribution in [2.75, 3.05) is 0 Å². The van der Waals surface area contributed by atoms with E-state index in [4.69, 9.17) is 4.74 Å². The highest BCUT2D eigenvalue weighted by molar-refractivity contribution is 5.86. The van der Waals surface area contributed by atoms with E-state index in [0.717, 1.165) is 0 Å². The fourth-order valence-electron chi connectivity index (χ4n) is 1.58. The molecule has 0 aliphatic heterocycles. The molecule has 1 atom stereocenters. The van der Waals surface area contributed by atoms with Crippen molar-refractivity contribution in [3.8, 4) is 5.75 Å². The van der Waals surface area contributed by atoms with Crippen LogP contribution in [0.2, 0.25) is 0 Å². The highest BCUT2D eigenvalue weighted by Crippen LogP contribution is 2.26. The fourth-order valence-corrected chi connectivity index (χ4v) is 1.58. The van der Waals surface area contributed by atoms with Crippen molar-refractivity contribution in [1.82, 2.24) is 14.8 Å². The summed E-state index contributed by atoms with van der Waals surface area (Å²) in [6, 6.07) is 5.48. The first kappa shape index (κ1) is 14.2. The van der Waals surface area contributed by atoms with Crippen LogP contribution in [0.5, 0.6) is 5.75 Å². The van der Waals surface area contributed by atoms with Gasteiger partial charge < -0.3 is 4.74 Å². The summed E-state index contributed by atoms with van der Waals surface area (Å²) in [5.74, 6) is -0.117. The van der Waals surface area contributed by atoms with E-state index in [0.29, 0.717) is 5.75 Å². The number of nitrogens with zero attached hydrogens (tertiary/aromatic N) is 3. The topological polar surface area (TPSA) is 57.0 Å². The summed E-state index contributed by atoms with van der Waals surface area (Å²) in [5, 5.41) is 3.95. The Hall–Kier alpha value is -2.24. The van der Waals surface area contributed by atoms with E-state index >= 15 is 0 Å². The number of aromatic nitrogens is 3. The summed E-state index contributed by atoms with van der Waals surface area (Å²) in [6.07, 6.45) is 1.82. The first-order chi connectivity index (χ1) is 9.38. The molecule has 0 N–H and O–H groups in total. The predicted molar refractivity (Wildman–Crippen MR) is 70.5 cm³/mol. The highest BCUT2D eigenvalue weighted by atomic mass is 19.1. The molecule has 106 valence electrons. The number of carbonyl (C=O) groups excluding carboxylic acids is 1. The summed E-state index contributed by atoms with van der Waals surface area (Å²) >= 11 is 0. The summed E-state index contributed by atoms with van der Waals surface area (Å²) in [5.41, 5.74) is -0.601. The standard InChI is InChI=1S/C14H16FN3O2/c1-14(2,3)12(19)13(18-9-16-8-17-18)20-11-6-4-10(15)5-7-11/h4-9,13H,1-3H3. The molecule has 2 rings (SSSR count). The molecular formula is C14H16FN3O2. The predicted octanol–water partition coefficient (Wildman–Crippen LogP) is 2.61. The van der Waals surface area contributed by atoms with Gasteiger partial charge >= 0.3 is 0 Å². The number of carbonyl (C=O) groups is 1. The minimum atomic E-state index is -0.928. The Labute approximate surface area is 116 Å². The van der Waals surface area contributed by atoms with Gasteiger partial charge in [-0.3, -0.25) is 4.79 Å². The van der Waals surface area contributed by atoms with Crippen molar-refractivity contribution in [2.24, 2.45) is 5.41 Å². The molecular weight excluding hydrogens is 261 g/mol. The Kier molecular flexibility index (Phi) is 3.83. The second-order valence-corrected chi connectivity index (χ2v) is 5.41. The highest BCUT2D eigenvalue weighted by Gasteiger charge is 2.33. The largest absolute Gasteiger partial charge is 0.461 e. The van der Waals surface area contributed by atoms with E-state index in [-0.39, 0.29) is 11.6 Å². The van der Waals surface area contributed by atoms with Crippen LogP contribution in [0.3, 0.4) is 0 Å². The lowest BCUT2D eigenvalue weighted by Gasteiger charge is -2.25. The number of hydrogen-bond acceptors (Lipinski definition) is 4. The van der Waals surface area contributed by atoms with Gasteiger partial charge in [-0.2, -0.15) is 5.10 Å². The van der Waals surface area contributed by atoms with Gasteiger partial charge in [-0.05, 0) is 24.3 Å². The van der Waals surface area contributed by atoms with Gasteiger partial charge in [-0.25, -0.2) is 14.1 Å². The summed E-state index contributed by atoms with van der Waals surface area (Å²) < 4.78 is 19.9. The lowest BCUT2D eigenvalue weighted by Crippen LogP contribution is -2.34. The maximum atomic E-state index is 12.9. The van der Waals surface area contributed by atoms with Crippen LogP contribution in [0.1, 0.15) is 27.0 Å². The van der Waals surface area contributed by atoms with Crippen molar-refractivity contribution < 1.29 is 13.9 Å². The zero-order chi connectivity index (χ0) is 14.8. The van der Waals surface area contributed by atoms with Gasteiger partial charge in [0, 0.05) is 5.41 Å². The molecule has 1 aromatic carbocycles. The Morgan fingerprint density at radius 2 is 1.95 bits per heavy atom. The second kappa shape index (κ2) is 5.40. The molecule has 6 heteroatoms. The SMILES string of the molecule is CC(C)(C)C(=O)C(Oc1ccc(F)cc1)n1cncn1. The molecule has 0 aliphatic rings. The number of hydrogen-bond donors (Lipinski definition) is 0. The fraction of sp³-hybridized carbons (Fsp3) is 0.357. The molecule has 0 bridgehead atoms. The van der Waals surface area contributed by atoms with Crippen molar-refractivity contribution >= 4 is 5.78 Å². The molecule has 2 aromatic rings. The van der Waals surface area contributed by atoms with Gasteiger partial charge in [-0.15, -0.1) is 0 Å². The van der Waals surface area contributed by atoms with Crippen LogP contribution < -0.4 is 4.74 Å². The van der Waals surface area contributed by atoms with Gasteiger partial charge in [0.1, 0.15) is 24.2 Å². The van der Waals surface area contributed by atoms with Crippen molar-refractivity contribution in [3.05, 3.63) is 42.7 Å². The van der Waals surface area contributed by atoms with Crippen LogP contribution in [-0.2, 0) is 4.79 Å². The Balaban J connectivity index is 2.28. The van der Waals surface area contributed by atoms with Crippen LogP contribution in [0.25, 0.3) is 0 Å². The minimum Gasteiger partial charge on any atom is -0.461 e. The molecule has 5 nitrogen and oxygen atoms in total. The van der Waals surface area contributed by atoms with Crippen LogP contribution in [0, 0.1) is 11.2 Å². The average Bonchev–Trinajstić information content (AvgIpc) is 2.90. The third kappa shape index (κ3) is 3.20. The van der Waals surface area contributed by atoms with E-state index in [1.54, 1.807) is 20.8 Å². The number of ketones is 1. The normalized spacial score (nSPS) is 13.0. The Morgan fingerprint density at radius 3 is 2.45 bits per heavy atom. The lowest BCUT2D eigenvalue weighted by atomic mass is 9.90. The number of rotatable bonds is 4. The molecule has 1 aromatic heterocycles. The monoisotopic (exact) mass is 277 g/mol. The lowest BCUT2D eigenvalue weighted by molar-refractivity contribution is -0.138. The molecule has 20 heavy (non-hydrogen) atoms. The summed E-state index contributed by atoms with van der Waals surface area (Å²) in [4.78, 5) is 16.3. The van der Waals surface area contributed by atoms with Crippen molar-refractivity contribution in [3.63, 3.8) is 0 Å². The van der Waals surface area contributed by atoms with Gasteiger partial charge in [-0.1, -0.05) is 20.8 Å². The van der Waals surface area contributed by atoms with E-state index in [9.17, 15) is 9.18 Å². The van der Waals surface area contributed by atoms with Crippen molar-refractivity contribution in [1.29, 1.82) is 0 Å². The number of halogens is 1. The van der Waals surface area contributed by atoms with E-state index in [2.05, 4.69) is 10.1 Å². The third-order valence-electron chi connectivity index (χ3n) is 2.70. The molecule has 0 spiro atoms. The van der Waals surface area contributed by atoms with Crippen LogP contribution in [0.15, 0.2) is 36.9 Å². The van der Waals surface area contributed by atoms with Gasteiger partial charge in [0.15, 0.2) is 0 Å². The summed E-state index contributed by atoms with van der Waals surface area (Å²) in [6.45, 7) is 5.40. The third-order valence-corrected chi connectivity index (χ3v) is 2.70. The zero-order valence-electron chi connectivity index (χ0n) is 11.6. The molecule has 0 fully saturated rings. The van der Waals surface area contributed by atoms with E-state index in [1.165, 1.54) is 41.6 Å². The molecule has 0 amide bonds. The minimum absolute atomic E-state index is 0.146. The summed E-state index contributed by atoms with van der Waals surface area (Å²) in [7, 11) is 0. The maximum absolute atomic E-state index is 12.9. The Morgan fingerprint density at radius 1 is 1.30 bits per heavy atom. The van der Waals surface area contributed by atoms with Crippen LogP contribution >= 0.6 is 0 Å². The Bertz CT molecular complexity index is 573. The molecule has 0 radical (unpaired) electrons. The molecule has 0 aliphatic carbocycles. The number of Topliss-reactive ketones (excluding diaryl/α,β-unsaturated/α-hetero) is 1. The van der Waals surface area contributed by atoms with Gasteiger partial charge in [0.2, 0.25) is 5.78 Å². The first-order valence-electron chi connectivity index (χ1n) is 6.18. The molecule has 0 saturated carbocycles. The van der Waals surface area contributed by atoms with Gasteiger partial charge in [0.25, 0.3) is 6.23 Å². The van der Waals surface area contributed by atoms with E-state index < -0.39 is 11.6 Å². The zero-order valence-corrected chi connectivity index (χ0v) is 11.6. The second-order valence-electron chi connectivity index (χ2n) is 5.41. The quantitative estimate of drug-likeness (QED) is 0.862. The molecule has 1 unspecified atom stereocenters. The number of benzene rings is 1. The van der Waals surface area contributed by atoms with Crippen molar-refractivity contribution in [2.45, 2.75) is 27.0 Å². The smallest absolute Gasteiger partial charge is 0.252 e. The van der Waals surface area contributed by atoms with Gasteiger partial charge in [0.05, 0.1) is 0 Å².